The van der Waals surface area contributed by atoms with Crippen LogP contribution in [0.15, 0.2) is 48.5 Å². The largest absolute Gasteiger partial charge is 0.345 e. The molecule has 144 valence electrons. The number of hydrogen-bond acceptors (Lipinski definition) is 5. The highest BCUT2D eigenvalue weighted by molar-refractivity contribution is 5.95. The van der Waals surface area contributed by atoms with Gasteiger partial charge in [-0.3, -0.25) is 9.59 Å². The maximum Gasteiger partial charge on any atom is 0.244 e. The van der Waals surface area contributed by atoms with Crippen LogP contribution in [0.1, 0.15) is 18.1 Å². The Morgan fingerprint density at radius 3 is 2.54 bits per heavy atom. The van der Waals surface area contributed by atoms with E-state index in [9.17, 15) is 9.59 Å². The zero-order chi connectivity index (χ0) is 19.9. The molecule has 8 heteroatoms. The van der Waals surface area contributed by atoms with Crippen molar-refractivity contribution in [2.24, 2.45) is 0 Å². The van der Waals surface area contributed by atoms with Crippen molar-refractivity contribution < 1.29 is 9.59 Å². The van der Waals surface area contributed by atoms with Crippen molar-refractivity contribution in [3.63, 3.8) is 0 Å². The average Bonchev–Trinajstić information content (AvgIpc) is 3.16. The highest BCUT2D eigenvalue weighted by atomic mass is 16.2. The standard InChI is InChI=1S/C20H22N6O2/c1-3-15-6-4-5-7-17(15)22-18(27)12-21-19(28)13-26-24-20(23-25-26)16-10-8-14(2)9-11-16/h4-11H,3,12-13H2,1-2H3,(H,21,28)(H,22,27). The summed E-state index contributed by atoms with van der Waals surface area (Å²) < 4.78 is 0. The number of aryl methyl sites for hydroxylation is 2. The topological polar surface area (TPSA) is 102 Å². The molecule has 0 unspecified atom stereocenters. The molecular weight excluding hydrogens is 356 g/mol. The second kappa shape index (κ2) is 8.90. The van der Waals surface area contributed by atoms with Crippen molar-refractivity contribution in [3.05, 3.63) is 59.7 Å². The molecule has 3 rings (SSSR count). The fraction of sp³-hybridized carbons (Fsp3) is 0.250. The van der Waals surface area contributed by atoms with Gasteiger partial charge in [0.1, 0.15) is 6.54 Å². The lowest BCUT2D eigenvalue weighted by Crippen LogP contribution is -2.35. The van der Waals surface area contributed by atoms with Crippen LogP contribution in [-0.2, 0) is 22.6 Å². The third-order valence-electron chi connectivity index (χ3n) is 4.17. The highest BCUT2D eigenvalue weighted by Gasteiger charge is 2.11. The number of anilines is 1. The van der Waals surface area contributed by atoms with Gasteiger partial charge in [-0.1, -0.05) is 55.0 Å². The Balaban J connectivity index is 1.50. The van der Waals surface area contributed by atoms with Gasteiger partial charge in [-0.15, -0.1) is 10.2 Å². The molecule has 0 aliphatic rings. The van der Waals surface area contributed by atoms with Gasteiger partial charge in [0.25, 0.3) is 0 Å². The molecule has 28 heavy (non-hydrogen) atoms. The van der Waals surface area contributed by atoms with E-state index >= 15 is 0 Å². The minimum Gasteiger partial charge on any atom is -0.345 e. The summed E-state index contributed by atoms with van der Waals surface area (Å²) in [7, 11) is 0. The van der Waals surface area contributed by atoms with Crippen LogP contribution < -0.4 is 10.6 Å². The van der Waals surface area contributed by atoms with Crippen molar-refractivity contribution in [2.75, 3.05) is 11.9 Å². The number of tetrazole rings is 1. The number of carbonyl (C=O) groups excluding carboxylic acids is 2. The van der Waals surface area contributed by atoms with E-state index in [1.807, 2.05) is 62.4 Å². The lowest BCUT2D eigenvalue weighted by atomic mass is 10.1. The minimum atomic E-state index is -0.369. The van der Waals surface area contributed by atoms with Gasteiger partial charge in [-0.25, -0.2) is 0 Å². The molecule has 0 spiro atoms. The molecule has 0 aliphatic heterocycles. The summed E-state index contributed by atoms with van der Waals surface area (Å²) in [5, 5.41) is 17.4. The van der Waals surface area contributed by atoms with Gasteiger partial charge in [0, 0.05) is 11.3 Å². The van der Waals surface area contributed by atoms with Crippen LogP contribution in [0.5, 0.6) is 0 Å². The summed E-state index contributed by atoms with van der Waals surface area (Å²) in [6, 6.07) is 15.3. The first-order valence-electron chi connectivity index (χ1n) is 9.04. The number of nitrogens with one attached hydrogen (secondary N) is 2. The predicted molar refractivity (Wildman–Crippen MR) is 105 cm³/mol. The van der Waals surface area contributed by atoms with E-state index in [0.717, 1.165) is 28.8 Å². The fourth-order valence-electron chi connectivity index (χ4n) is 2.64. The van der Waals surface area contributed by atoms with Crippen molar-refractivity contribution >= 4 is 17.5 Å². The first-order chi connectivity index (χ1) is 13.5. The number of nitrogens with zero attached hydrogens (tertiary/aromatic N) is 4. The lowest BCUT2D eigenvalue weighted by molar-refractivity contribution is -0.124. The normalized spacial score (nSPS) is 10.5. The molecule has 1 heterocycles. The summed E-state index contributed by atoms with van der Waals surface area (Å²) in [5.74, 6) is -0.213. The molecule has 3 aromatic rings. The third-order valence-corrected chi connectivity index (χ3v) is 4.17. The van der Waals surface area contributed by atoms with Crippen LogP contribution >= 0.6 is 0 Å². The van der Waals surface area contributed by atoms with Crippen LogP contribution in [0.3, 0.4) is 0 Å². The monoisotopic (exact) mass is 378 g/mol. The Kier molecular flexibility index (Phi) is 6.11. The second-order valence-electron chi connectivity index (χ2n) is 6.35. The van der Waals surface area contributed by atoms with Crippen molar-refractivity contribution in [1.82, 2.24) is 25.5 Å². The Hall–Kier alpha value is -3.55. The summed E-state index contributed by atoms with van der Waals surface area (Å²) in [6.07, 6.45) is 0.810. The number of carbonyl (C=O) groups is 2. The molecule has 0 saturated heterocycles. The van der Waals surface area contributed by atoms with Crippen LogP contribution in [-0.4, -0.2) is 38.6 Å². The number of para-hydroxylation sites is 1. The molecule has 2 amide bonds. The number of amides is 2. The van der Waals surface area contributed by atoms with Crippen molar-refractivity contribution in [1.29, 1.82) is 0 Å². The molecule has 0 saturated carbocycles. The predicted octanol–water partition coefficient (Wildman–Crippen LogP) is 1.97. The molecule has 2 aromatic carbocycles. The molecule has 0 radical (unpaired) electrons. The van der Waals surface area contributed by atoms with Crippen molar-refractivity contribution in [2.45, 2.75) is 26.8 Å². The maximum atomic E-state index is 12.1. The summed E-state index contributed by atoms with van der Waals surface area (Å²) in [6.45, 7) is 3.77. The van der Waals surface area contributed by atoms with Crippen LogP contribution in [0, 0.1) is 6.92 Å². The van der Waals surface area contributed by atoms with Crippen LogP contribution in [0.25, 0.3) is 11.4 Å². The number of rotatable bonds is 7. The van der Waals surface area contributed by atoms with Gasteiger partial charge >= 0.3 is 0 Å². The first kappa shape index (κ1) is 19.2. The van der Waals surface area contributed by atoms with Gasteiger partial charge in [-0.2, -0.15) is 4.80 Å². The van der Waals surface area contributed by atoms with E-state index in [1.54, 1.807) is 0 Å². The molecule has 2 N–H and O–H groups in total. The van der Waals surface area contributed by atoms with Gasteiger partial charge in [0.2, 0.25) is 17.6 Å². The summed E-state index contributed by atoms with van der Waals surface area (Å²) >= 11 is 0. The average molecular weight is 378 g/mol. The summed E-state index contributed by atoms with van der Waals surface area (Å²) in [4.78, 5) is 25.3. The third kappa shape index (κ3) is 5.00. The second-order valence-corrected chi connectivity index (χ2v) is 6.35. The van der Waals surface area contributed by atoms with Gasteiger partial charge in [0.15, 0.2) is 0 Å². The van der Waals surface area contributed by atoms with Crippen LogP contribution in [0.4, 0.5) is 5.69 Å². The summed E-state index contributed by atoms with van der Waals surface area (Å²) in [5.41, 5.74) is 3.75. The fourth-order valence-corrected chi connectivity index (χ4v) is 2.64. The minimum absolute atomic E-state index is 0.113. The Morgan fingerprint density at radius 2 is 1.79 bits per heavy atom. The van der Waals surface area contributed by atoms with E-state index in [2.05, 4.69) is 26.0 Å². The molecular formula is C20H22N6O2. The van der Waals surface area contributed by atoms with E-state index < -0.39 is 0 Å². The highest BCUT2D eigenvalue weighted by Crippen LogP contribution is 2.15. The van der Waals surface area contributed by atoms with Crippen LogP contribution in [0.2, 0.25) is 0 Å². The molecule has 0 atom stereocenters. The molecule has 0 bridgehead atoms. The Morgan fingerprint density at radius 1 is 1.04 bits per heavy atom. The first-order valence-corrected chi connectivity index (χ1v) is 9.04. The molecule has 1 aromatic heterocycles. The lowest BCUT2D eigenvalue weighted by Gasteiger charge is -2.10. The number of benzene rings is 2. The van der Waals surface area contributed by atoms with Gasteiger partial charge in [0.05, 0.1) is 6.54 Å². The smallest absolute Gasteiger partial charge is 0.244 e. The Bertz CT molecular complexity index is 965. The van der Waals surface area contributed by atoms with E-state index in [-0.39, 0.29) is 24.9 Å². The SMILES string of the molecule is CCc1ccccc1NC(=O)CNC(=O)Cn1nnc(-c2ccc(C)cc2)n1. The maximum absolute atomic E-state index is 12.1. The van der Waals surface area contributed by atoms with E-state index in [1.165, 1.54) is 4.80 Å². The van der Waals surface area contributed by atoms with E-state index in [0.29, 0.717) is 5.82 Å². The zero-order valence-electron chi connectivity index (χ0n) is 15.8. The zero-order valence-corrected chi connectivity index (χ0v) is 15.8. The Labute approximate surface area is 163 Å². The van der Waals surface area contributed by atoms with Crippen molar-refractivity contribution in [3.8, 4) is 11.4 Å². The molecule has 0 fully saturated rings. The molecule has 8 nitrogen and oxygen atoms in total. The van der Waals surface area contributed by atoms with E-state index in [4.69, 9.17) is 0 Å². The molecule has 0 aliphatic carbocycles. The number of hydrogen-bond donors (Lipinski definition) is 2. The van der Waals surface area contributed by atoms with Gasteiger partial charge < -0.3 is 10.6 Å². The number of aromatic nitrogens is 4. The van der Waals surface area contributed by atoms with Gasteiger partial charge in [-0.05, 0) is 30.2 Å². The quantitative estimate of drug-likeness (QED) is 0.654.